The second-order valence-electron chi connectivity index (χ2n) is 17.0. The minimum absolute atomic E-state index is 0.0335. The summed E-state index contributed by atoms with van der Waals surface area (Å²) in [6.07, 6.45) is 35.1. The van der Waals surface area contributed by atoms with Gasteiger partial charge in [0.2, 0.25) is 0 Å². The molecule has 55 heavy (non-hydrogen) atoms. The summed E-state index contributed by atoms with van der Waals surface area (Å²) in [5.41, 5.74) is 0. The Bertz CT molecular complexity index is 827. The Hall–Kier alpha value is -1.08. The summed E-state index contributed by atoms with van der Waals surface area (Å²) < 4.78 is 12.2. The van der Waals surface area contributed by atoms with Crippen LogP contribution in [0, 0.1) is 5.92 Å². The van der Waals surface area contributed by atoms with E-state index in [1.807, 2.05) is 0 Å². The molecule has 7 heteroatoms. The number of carbonyl (C=O) groups is 3. The molecule has 1 aliphatic rings. The normalized spacial score (nSPS) is 14.0. The minimum Gasteiger partial charge on any atom is -0.462 e. The number of thioether (sulfide) groups is 1. The first-order valence-corrected chi connectivity index (χ1v) is 25.0. The molecule has 0 spiro atoms. The van der Waals surface area contributed by atoms with E-state index >= 15 is 0 Å². The third kappa shape index (κ3) is 30.6. The van der Waals surface area contributed by atoms with Crippen LogP contribution in [0.5, 0.6) is 0 Å². The fourth-order valence-corrected chi connectivity index (χ4v) is 9.30. The number of likely N-dealkylation sites (tertiary alicyclic amines) is 1. The van der Waals surface area contributed by atoms with E-state index in [0.717, 1.165) is 110 Å². The van der Waals surface area contributed by atoms with Crippen molar-refractivity contribution >= 4 is 28.8 Å². The molecule has 0 N–H and O–H groups in total. The largest absolute Gasteiger partial charge is 0.462 e. The van der Waals surface area contributed by atoms with E-state index in [1.165, 1.54) is 103 Å². The van der Waals surface area contributed by atoms with Gasteiger partial charge >= 0.3 is 11.9 Å². The van der Waals surface area contributed by atoms with Gasteiger partial charge in [0.05, 0.1) is 0 Å². The van der Waals surface area contributed by atoms with Gasteiger partial charge in [0.1, 0.15) is 12.2 Å². The van der Waals surface area contributed by atoms with Crippen molar-refractivity contribution in [3.8, 4) is 0 Å². The Kier molecular flexibility index (Phi) is 35.1. The number of ether oxygens (including phenoxy) is 2. The maximum absolute atomic E-state index is 13.4. The number of hydrogen-bond acceptors (Lipinski definition) is 7. The van der Waals surface area contributed by atoms with Crippen LogP contribution in [0.1, 0.15) is 247 Å². The van der Waals surface area contributed by atoms with Crippen molar-refractivity contribution in [2.24, 2.45) is 5.92 Å². The summed E-state index contributed by atoms with van der Waals surface area (Å²) in [6, 6.07) is 0. The minimum atomic E-state index is -0.0757. The lowest BCUT2D eigenvalue weighted by atomic mass is 9.93. The first-order chi connectivity index (χ1) is 26.8. The number of piperidine rings is 1. The molecule has 1 fully saturated rings. The summed E-state index contributed by atoms with van der Waals surface area (Å²) in [7, 11) is 0. The fraction of sp³-hybridized carbons (Fsp3) is 0.938. The van der Waals surface area contributed by atoms with Gasteiger partial charge in [0, 0.05) is 24.5 Å². The van der Waals surface area contributed by atoms with E-state index in [2.05, 4.69) is 39.5 Å². The van der Waals surface area contributed by atoms with Gasteiger partial charge in [-0.3, -0.25) is 14.4 Å². The van der Waals surface area contributed by atoms with Crippen LogP contribution in [0.2, 0.25) is 0 Å². The maximum Gasteiger partial charge on any atom is 0.306 e. The van der Waals surface area contributed by atoms with Gasteiger partial charge in [0.15, 0.2) is 5.12 Å². The second kappa shape index (κ2) is 37.2. The van der Waals surface area contributed by atoms with Crippen molar-refractivity contribution in [2.45, 2.75) is 264 Å². The van der Waals surface area contributed by atoms with Gasteiger partial charge in [-0.1, -0.05) is 149 Å². The van der Waals surface area contributed by atoms with E-state index < -0.39 is 0 Å². The van der Waals surface area contributed by atoms with Crippen LogP contribution in [-0.2, 0) is 23.9 Å². The summed E-state index contributed by atoms with van der Waals surface area (Å²) in [5, 5.41) is 0.685. The van der Waals surface area contributed by atoms with Crippen molar-refractivity contribution in [1.29, 1.82) is 0 Å². The van der Waals surface area contributed by atoms with Gasteiger partial charge in [0.25, 0.3) is 0 Å². The van der Waals surface area contributed by atoms with Crippen LogP contribution in [-0.4, -0.2) is 59.0 Å². The molecule has 324 valence electrons. The van der Waals surface area contributed by atoms with Crippen LogP contribution < -0.4 is 0 Å². The molecule has 0 saturated carbocycles. The van der Waals surface area contributed by atoms with Crippen molar-refractivity contribution in [1.82, 2.24) is 4.90 Å². The number of nitrogens with zero attached hydrogens (tertiary/aromatic N) is 1. The smallest absolute Gasteiger partial charge is 0.306 e. The van der Waals surface area contributed by atoms with Crippen molar-refractivity contribution < 1.29 is 23.9 Å². The fourth-order valence-electron chi connectivity index (χ4n) is 8.15. The van der Waals surface area contributed by atoms with Crippen LogP contribution in [0.3, 0.4) is 0 Å². The SMILES string of the molecule is CCCCCCCC(CCCCCCC)OC(=O)CCCC(CCCC(=O)OC(CCCCCCC)CCCCCCC)CC(=O)SC1CCN(CC)CC1. The van der Waals surface area contributed by atoms with E-state index in [1.54, 1.807) is 11.8 Å². The number of hydrogen-bond donors (Lipinski definition) is 0. The number of unbranched alkanes of at least 4 members (excludes halogenated alkanes) is 16. The molecule has 0 aromatic rings. The molecule has 0 aliphatic carbocycles. The predicted molar refractivity (Wildman–Crippen MR) is 237 cm³/mol. The van der Waals surface area contributed by atoms with Crippen LogP contribution in [0.4, 0.5) is 0 Å². The zero-order valence-electron chi connectivity index (χ0n) is 37.2. The van der Waals surface area contributed by atoms with E-state index in [-0.39, 0.29) is 35.2 Å². The Morgan fingerprint density at radius 1 is 0.509 bits per heavy atom. The summed E-state index contributed by atoms with van der Waals surface area (Å²) in [6.45, 7) is 14.4. The first kappa shape index (κ1) is 51.9. The lowest BCUT2D eigenvalue weighted by Crippen LogP contribution is -2.34. The number of carbonyl (C=O) groups excluding carboxylic acids is 3. The number of esters is 2. The van der Waals surface area contributed by atoms with Crippen molar-refractivity contribution in [3.05, 3.63) is 0 Å². The van der Waals surface area contributed by atoms with E-state index in [9.17, 15) is 14.4 Å². The molecule has 0 aromatic heterocycles. The molecule has 0 amide bonds. The molecule has 0 unspecified atom stereocenters. The van der Waals surface area contributed by atoms with E-state index in [4.69, 9.17) is 9.47 Å². The molecule has 0 radical (unpaired) electrons. The first-order valence-electron chi connectivity index (χ1n) is 24.2. The Labute approximate surface area is 345 Å². The molecular weight excluding hydrogens is 703 g/mol. The van der Waals surface area contributed by atoms with Gasteiger partial charge in [-0.15, -0.1) is 0 Å². The quantitative estimate of drug-likeness (QED) is 0.0455. The highest BCUT2D eigenvalue weighted by atomic mass is 32.2. The molecule has 1 heterocycles. The van der Waals surface area contributed by atoms with Crippen LogP contribution >= 0.6 is 11.8 Å². The molecule has 0 bridgehead atoms. The van der Waals surface area contributed by atoms with Gasteiger partial charge in [-0.05, 0) is 115 Å². The number of rotatable bonds is 38. The van der Waals surface area contributed by atoms with Crippen LogP contribution in [0.15, 0.2) is 0 Å². The third-order valence-electron chi connectivity index (χ3n) is 11.8. The zero-order valence-corrected chi connectivity index (χ0v) is 38.0. The summed E-state index contributed by atoms with van der Waals surface area (Å²) >= 11 is 1.56. The average Bonchev–Trinajstić information content (AvgIpc) is 3.17. The topological polar surface area (TPSA) is 72.9 Å². The molecule has 0 aromatic carbocycles. The lowest BCUT2D eigenvalue weighted by Gasteiger charge is -2.30. The molecule has 1 rings (SSSR count). The molecule has 6 nitrogen and oxygen atoms in total. The highest BCUT2D eigenvalue weighted by molar-refractivity contribution is 8.14. The average molecular weight is 794 g/mol. The third-order valence-corrected chi connectivity index (χ3v) is 13.1. The monoisotopic (exact) mass is 794 g/mol. The standard InChI is InChI=1S/C48H91NO5S/c1-6-11-15-19-23-31-43(32-24-20-16-12-7-2)53-46(50)35-27-29-42(41-48(52)55-45-37-39-49(10-5)40-38-45)30-28-36-47(51)54-44(33-25-21-17-13-8-3)34-26-22-18-14-9-4/h42-45H,6-41H2,1-5H3. The Morgan fingerprint density at radius 2 is 0.873 bits per heavy atom. The van der Waals surface area contributed by atoms with Gasteiger partial charge in [-0.25, -0.2) is 0 Å². The van der Waals surface area contributed by atoms with Gasteiger partial charge < -0.3 is 14.4 Å². The van der Waals surface area contributed by atoms with Crippen LogP contribution in [0.25, 0.3) is 0 Å². The highest BCUT2D eigenvalue weighted by Gasteiger charge is 2.24. The van der Waals surface area contributed by atoms with Crippen molar-refractivity contribution in [2.75, 3.05) is 19.6 Å². The molecular formula is C48H91NO5S. The zero-order chi connectivity index (χ0) is 40.2. The molecule has 1 aliphatic heterocycles. The van der Waals surface area contributed by atoms with Crippen molar-refractivity contribution in [3.63, 3.8) is 0 Å². The van der Waals surface area contributed by atoms with E-state index in [0.29, 0.717) is 24.5 Å². The van der Waals surface area contributed by atoms with Gasteiger partial charge in [-0.2, -0.15) is 0 Å². The maximum atomic E-state index is 13.4. The molecule has 0 atom stereocenters. The highest BCUT2D eigenvalue weighted by Crippen LogP contribution is 2.30. The summed E-state index contributed by atoms with van der Waals surface area (Å²) in [4.78, 5) is 42.1. The second-order valence-corrected chi connectivity index (χ2v) is 18.4. The summed E-state index contributed by atoms with van der Waals surface area (Å²) in [5.74, 6) is 0.0266. The molecule has 1 saturated heterocycles. The lowest BCUT2D eigenvalue weighted by molar-refractivity contribution is -0.150. The Morgan fingerprint density at radius 3 is 1.22 bits per heavy atom. The Balaban J connectivity index is 2.73. The predicted octanol–water partition coefficient (Wildman–Crippen LogP) is 14.3.